The molecule has 2 aromatic heterocycles. The topological polar surface area (TPSA) is 80.2 Å². The van der Waals surface area contributed by atoms with Crippen LogP contribution in [-0.2, 0) is 11.8 Å². The van der Waals surface area contributed by atoms with Crippen LogP contribution in [0.2, 0.25) is 0 Å². The molecule has 0 aliphatic carbocycles. The van der Waals surface area contributed by atoms with Crippen LogP contribution in [0.3, 0.4) is 0 Å². The number of aromatic nitrogens is 3. The average molecular weight is 302 g/mol. The Bertz CT molecular complexity index is 749. The summed E-state index contributed by atoms with van der Waals surface area (Å²) in [5, 5.41) is 0. The van der Waals surface area contributed by atoms with Crippen LogP contribution in [0, 0.1) is 6.92 Å². The maximum atomic E-state index is 12.8. The highest BCUT2D eigenvalue weighted by atomic mass is 16.5. The van der Waals surface area contributed by atoms with E-state index < -0.39 is 0 Å². The fourth-order valence-electron chi connectivity index (χ4n) is 2.70. The summed E-state index contributed by atoms with van der Waals surface area (Å²) in [5.74, 6) is 0.444. The molecule has 1 atom stereocenters. The van der Waals surface area contributed by atoms with Gasteiger partial charge in [-0.25, -0.2) is 4.98 Å². The van der Waals surface area contributed by atoms with E-state index in [1.807, 2.05) is 19.3 Å². The van der Waals surface area contributed by atoms with E-state index in [-0.39, 0.29) is 17.5 Å². The number of hydrogen-bond acceptors (Lipinski definition) is 4. The smallest absolute Gasteiger partial charge is 0.271 e. The van der Waals surface area contributed by atoms with Crippen molar-refractivity contribution in [1.29, 1.82) is 0 Å². The quantitative estimate of drug-likeness (QED) is 0.882. The number of ether oxygens (including phenoxy) is 1. The van der Waals surface area contributed by atoms with Crippen molar-refractivity contribution in [2.75, 3.05) is 19.8 Å². The van der Waals surface area contributed by atoms with E-state index in [0.29, 0.717) is 37.0 Å². The zero-order chi connectivity index (χ0) is 15.7. The highest BCUT2D eigenvalue weighted by molar-refractivity contribution is 5.93. The first kappa shape index (κ1) is 14.5. The van der Waals surface area contributed by atoms with Gasteiger partial charge in [0.15, 0.2) is 0 Å². The molecule has 0 spiro atoms. The molecule has 1 N–H and O–H groups in total. The average Bonchev–Trinajstić information content (AvgIpc) is 2.91. The van der Waals surface area contributed by atoms with Crippen LogP contribution in [0.15, 0.2) is 29.2 Å². The third-order valence-electron chi connectivity index (χ3n) is 3.77. The van der Waals surface area contributed by atoms with Gasteiger partial charge in [0.2, 0.25) is 0 Å². The number of hydrogen-bond donors (Lipinski definition) is 1. The summed E-state index contributed by atoms with van der Waals surface area (Å²) in [5.41, 5.74) is 0.941. The predicted molar refractivity (Wildman–Crippen MR) is 79.6 cm³/mol. The van der Waals surface area contributed by atoms with Crippen molar-refractivity contribution in [3.63, 3.8) is 0 Å². The first-order valence-electron chi connectivity index (χ1n) is 7.14. The molecule has 7 nitrogen and oxygen atoms in total. The van der Waals surface area contributed by atoms with Crippen LogP contribution in [0.25, 0.3) is 0 Å². The number of nitrogens with one attached hydrogen (secondary N) is 1. The Hall–Kier alpha value is -2.41. The molecule has 0 radical (unpaired) electrons. The number of H-pyrrole nitrogens is 1. The molecule has 7 heteroatoms. The van der Waals surface area contributed by atoms with Gasteiger partial charge in [0.1, 0.15) is 11.5 Å². The first-order valence-corrected chi connectivity index (χ1v) is 7.14. The van der Waals surface area contributed by atoms with E-state index in [1.54, 1.807) is 22.5 Å². The number of amides is 1. The molecule has 1 unspecified atom stereocenters. The standard InChI is InChI=1S/C15H18N4O3/c1-10-16-11(8-14(20)17-10)13-9-22-7-6-19(13)15(21)12-4-3-5-18(12)2/h3-5,8,13H,6-7,9H2,1-2H3,(H,16,17,20). The fraction of sp³-hybridized carbons (Fsp3) is 0.400. The number of aryl methyl sites for hydroxylation is 2. The minimum absolute atomic E-state index is 0.0828. The van der Waals surface area contributed by atoms with Crippen molar-refractivity contribution in [3.05, 3.63) is 52.0 Å². The lowest BCUT2D eigenvalue weighted by Crippen LogP contribution is -2.44. The molecule has 2 aromatic rings. The molecule has 1 fully saturated rings. The predicted octanol–water partition coefficient (Wildman–Crippen LogP) is 0.631. The van der Waals surface area contributed by atoms with Crippen molar-refractivity contribution in [1.82, 2.24) is 19.4 Å². The lowest BCUT2D eigenvalue weighted by atomic mass is 10.1. The van der Waals surface area contributed by atoms with E-state index in [9.17, 15) is 9.59 Å². The minimum Gasteiger partial charge on any atom is -0.377 e. The SMILES string of the molecule is Cc1nc(C2COCCN2C(=O)c2cccn2C)cc(=O)[nH]1. The van der Waals surface area contributed by atoms with E-state index in [4.69, 9.17) is 4.74 Å². The van der Waals surface area contributed by atoms with Crippen LogP contribution < -0.4 is 5.56 Å². The second-order valence-corrected chi connectivity index (χ2v) is 5.35. The molecular formula is C15H18N4O3. The number of carbonyl (C=O) groups excluding carboxylic acids is 1. The highest BCUT2D eigenvalue weighted by Crippen LogP contribution is 2.24. The van der Waals surface area contributed by atoms with Gasteiger partial charge in [-0.3, -0.25) is 9.59 Å². The minimum atomic E-state index is -0.350. The van der Waals surface area contributed by atoms with Crippen molar-refractivity contribution in [2.24, 2.45) is 7.05 Å². The number of carbonyl (C=O) groups is 1. The molecular weight excluding hydrogens is 284 g/mol. The zero-order valence-electron chi connectivity index (χ0n) is 12.6. The molecule has 1 aliphatic rings. The normalized spacial score (nSPS) is 18.5. The van der Waals surface area contributed by atoms with Gasteiger partial charge >= 0.3 is 0 Å². The van der Waals surface area contributed by atoms with E-state index >= 15 is 0 Å². The third kappa shape index (κ3) is 2.67. The molecule has 116 valence electrons. The van der Waals surface area contributed by atoms with Crippen molar-refractivity contribution in [3.8, 4) is 0 Å². The first-order chi connectivity index (χ1) is 10.6. The van der Waals surface area contributed by atoms with Crippen LogP contribution in [0.1, 0.15) is 28.0 Å². The maximum Gasteiger partial charge on any atom is 0.271 e. The summed E-state index contributed by atoms with van der Waals surface area (Å²) < 4.78 is 7.27. The molecule has 0 aromatic carbocycles. The third-order valence-corrected chi connectivity index (χ3v) is 3.77. The van der Waals surface area contributed by atoms with E-state index in [1.165, 1.54) is 6.07 Å². The number of rotatable bonds is 2. The lowest BCUT2D eigenvalue weighted by molar-refractivity contribution is -0.00450. The van der Waals surface area contributed by atoms with Gasteiger partial charge in [0, 0.05) is 25.9 Å². The van der Waals surface area contributed by atoms with Crippen molar-refractivity contribution >= 4 is 5.91 Å². The fourth-order valence-corrected chi connectivity index (χ4v) is 2.70. The van der Waals surface area contributed by atoms with Crippen LogP contribution in [-0.4, -0.2) is 45.1 Å². The monoisotopic (exact) mass is 302 g/mol. The summed E-state index contributed by atoms with van der Waals surface area (Å²) in [6.45, 7) is 3.01. The lowest BCUT2D eigenvalue weighted by Gasteiger charge is -2.35. The van der Waals surface area contributed by atoms with Gasteiger partial charge in [-0.15, -0.1) is 0 Å². The van der Waals surface area contributed by atoms with Crippen molar-refractivity contribution < 1.29 is 9.53 Å². The molecule has 22 heavy (non-hydrogen) atoms. The zero-order valence-corrected chi connectivity index (χ0v) is 12.6. The highest BCUT2D eigenvalue weighted by Gasteiger charge is 2.31. The van der Waals surface area contributed by atoms with E-state index in [2.05, 4.69) is 9.97 Å². The van der Waals surface area contributed by atoms with Gasteiger partial charge in [0.05, 0.1) is 24.9 Å². The molecule has 3 rings (SSSR count). The Morgan fingerprint density at radius 3 is 3.00 bits per heavy atom. The van der Waals surface area contributed by atoms with Gasteiger partial charge in [-0.1, -0.05) is 0 Å². The molecule has 3 heterocycles. The Morgan fingerprint density at radius 2 is 2.32 bits per heavy atom. The van der Waals surface area contributed by atoms with Gasteiger partial charge in [-0.2, -0.15) is 0 Å². The molecule has 1 saturated heterocycles. The maximum absolute atomic E-state index is 12.8. The summed E-state index contributed by atoms with van der Waals surface area (Å²) in [6, 6.07) is 4.69. The van der Waals surface area contributed by atoms with Crippen LogP contribution >= 0.6 is 0 Å². The number of nitrogens with zero attached hydrogens (tertiary/aromatic N) is 3. The largest absolute Gasteiger partial charge is 0.377 e. The molecule has 1 amide bonds. The Morgan fingerprint density at radius 1 is 1.50 bits per heavy atom. The van der Waals surface area contributed by atoms with Gasteiger partial charge in [-0.05, 0) is 19.1 Å². The van der Waals surface area contributed by atoms with Gasteiger partial charge in [0.25, 0.3) is 11.5 Å². The summed E-state index contributed by atoms with van der Waals surface area (Å²) >= 11 is 0. The van der Waals surface area contributed by atoms with Crippen LogP contribution in [0.4, 0.5) is 0 Å². The molecule has 0 bridgehead atoms. The van der Waals surface area contributed by atoms with Crippen LogP contribution in [0.5, 0.6) is 0 Å². The van der Waals surface area contributed by atoms with Crippen molar-refractivity contribution in [2.45, 2.75) is 13.0 Å². The summed E-state index contributed by atoms with van der Waals surface area (Å²) in [4.78, 5) is 33.1. The summed E-state index contributed by atoms with van der Waals surface area (Å²) in [6.07, 6.45) is 1.83. The van der Waals surface area contributed by atoms with E-state index in [0.717, 1.165) is 0 Å². The Kier molecular flexibility index (Phi) is 3.81. The molecule has 1 aliphatic heterocycles. The number of morpholine rings is 1. The van der Waals surface area contributed by atoms with Gasteiger partial charge < -0.3 is 19.2 Å². The second kappa shape index (κ2) is 5.76. The Balaban J connectivity index is 1.96. The molecule has 0 saturated carbocycles. The Labute approximate surface area is 127 Å². The number of aromatic amines is 1. The summed E-state index contributed by atoms with van der Waals surface area (Å²) in [7, 11) is 1.83. The second-order valence-electron chi connectivity index (χ2n) is 5.35.